The van der Waals surface area contributed by atoms with Crippen LogP contribution in [-0.2, 0) is 13.2 Å². The number of amides is 1. The van der Waals surface area contributed by atoms with Crippen molar-refractivity contribution in [3.05, 3.63) is 75.7 Å². The first-order valence-electron chi connectivity index (χ1n) is 10.1. The quantitative estimate of drug-likeness (QED) is 0.456. The molecule has 3 aromatic rings. The molecule has 1 heterocycles. The summed E-state index contributed by atoms with van der Waals surface area (Å²) in [6, 6.07) is 15.3. The normalized spacial score (nSPS) is 11.7. The molecule has 0 aliphatic rings. The molecule has 0 aliphatic carbocycles. The van der Waals surface area contributed by atoms with E-state index >= 15 is 0 Å². The van der Waals surface area contributed by atoms with E-state index in [4.69, 9.17) is 14.5 Å². The third-order valence-corrected chi connectivity index (χ3v) is 5.97. The van der Waals surface area contributed by atoms with Gasteiger partial charge in [0.05, 0.1) is 19.3 Å². The van der Waals surface area contributed by atoms with Crippen LogP contribution >= 0.6 is 11.3 Å². The molecule has 1 aromatic heterocycles. The van der Waals surface area contributed by atoms with Crippen molar-refractivity contribution in [1.82, 2.24) is 9.88 Å². The summed E-state index contributed by atoms with van der Waals surface area (Å²) in [6.07, 6.45) is 0.870. The second-order valence-electron chi connectivity index (χ2n) is 7.21. The fraction of sp³-hybridized carbons (Fsp3) is 0.333. The number of aromatic nitrogens is 1. The van der Waals surface area contributed by atoms with Crippen molar-refractivity contribution < 1.29 is 14.3 Å². The number of aryl methyl sites for hydroxylation is 1. The van der Waals surface area contributed by atoms with Gasteiger partial charge in [-0.15, -0.1) is 11.3 Å². The number of nitrogens with zero attached hydrogens (tertiary/aromatic N) is 2. The van der Waals surface area contributed by atoms with Gasteiger partial charge in [-0.3, -0.25) is 4.79 Å². The maximum atomic E-state index is 13.1. The van der Waals surface area contributed by atoms with Crippen molar-refractivity contribution in [3.63, 3.8) is 0 Å². The predicted molar refractivity (Wildman–Crippen MR) is 120 cm³/mol. The Labute approximate surface area is 182 Å². The van der Waals surface area contributed by atoms with Gasteiger partial charge in [-0.05, 0) is 56.2 Å². The van der Waals surface area contributed by atoms with Crippen molar-refractivity contribution in [1.29, 1.82) is 0 Å². The summed E-state index contributed by atoms with van der Waals surface area (Å²) in [5, 5.41) is 2.90. The fourth-order valence-corrected chi connectivity index (χ4v) is 3.76. The largest absolute Gasteiger partial charge is 0.497 e. The molecule has 0 N–H and O–H groups in total. The van der Waals surface area contributed by atoms with Crippen molar-refractivity contribution in [2.45, 2.75) is 46.4 Å². The summed E-state index contributed by atoms with van der Waals surface area (Å²) in [7, 11) is 1.62. The van der Waals surface area contributed by atoms with Crippen LogP contribution in [0.25, 0.3) is 0 Å². The van der Waals surface area contributed by atoms with Gasteiger partial charge in [-0.25, -0.2) is 4.98 Å². The van der Waals surface area contributed by atoms with E-state index < -0.39 is 0 Å². The van der Waals surface area contributed by atoms with Crippen LogP contribution in [0, 0.1) is 6.92 Å². The van der Waals surface area contributed by atoms with Gasteiger partial charge in [-0.2, -0.15) is 0 Å². The minimum absolute atomic E-state index is 0.00212. The van der Waals surface area contributed by atoms with E-state index in [0.29, 0.717) is 18.7 Å². The molecule has 0 unspecified atom stereocenters. The van der Waals surface area contributed by atoms with Crippen LogP contribution in [0.15, 0.2) is 53.9 Å². The molecule has 0 radical (unpaired) electrons. The average molecular weight is 425 g/mol. The molecule has 2 aromatic carbocycles. The lowest BCUT2D eigenvalue weighted by molar-refractivity contribution is 0.0669. The van der Waals surface area contributed by atoms with Crippen molar-refractivity contribution in [2.24, 2.45) is 0 Å². The maximum Gasteiger partial charge on any atom is 0.254 e. The summed E-state index contributed by atoms with van der Waals surface area (Å²) in [5.41, 5.74) is 2.63. The summed E-state index contributed by atoms with van der Waals surface area (Å²) in [4.78, 5) is 19.7. The van der Waals surface area contributed by atoms with Crippen LogP contribution in [0.1, 0.15) is 46.9 Å². The smallest absolute Gasteiger partial charge is 0.254 e. The van der Waals surface area contributed by atoms with Crippen LogP contribution < -0.4 is 9.47 Å². The molecule has 1 amide bonds. The lowest BCUT2D eigenvalue weighted by atomic mass is 10.1. The van der Waals surface area contributed by atoms with E-state index in [9.17, 15) is 4.79 Å². The van der Waals surface area contributed by atoms with E-state index in [1.165, 1.54) is 0 Å². The number of carbonyl (C=O) groups excluding carboxylic acids is 1. The number of ether oxygens (including phenoxy) is 2. The molecular formula is C24H28N2O3S. The van der Waals surface area contributed by atoms with Gasteiger partial charge in [0, 0.05) is 17.0 Å². The van der Waals surface area contributed by atoms with E-state index in [0.717, 1.165) is 34.2 Å². The first-order chi connectivity index (χ1) is 14.5. The van der Waals surface area contributed by atoms with E-state index in [2.05, 4.69) is 13.8 Å². The van der Waals surface area contributed by atoms with Gasteiger partial charge >= 0.3 is 0 Å². The van der Waals surface area contributed by atoms with E-state index in [1.54, 1.807) is 30.6 Å². The summed E-state index contributed by atoms with van der Waals surface area (Å²) >= 11 is 1.56. The lowest BCUT2D eigenvalue weighted by Gasteiger charge is -2.28. The highest BCUT2D eigenvalue weighted by molar-refractivity contribution is 7.09. The van der Waals surface area contributed by atoms with Gasteiger partial charge < -0.3 is 14.4 Å². The number of hydrogen-bond donors (Lipinski definition) is 0. The summed E-state index contributed by atoms with van der Waals surface area (Å²) in [6.45, 7) is 7.07. The third-order valence-electron chi connectivity index (χ3n) is 5.10. The zero-order valence-electron chi connectivity index (χ0n) is 17.9. The van der Waals surface area contributed by atoms with Crippen LogP contribution in [0.2, 0.25) is 0 Å². The molecule has 0 aliphatic heterocycles. The molecule has 1 atom stereocenters. The number of carbonyl (C=O) groups is 1. The zero-order chi connectivity index (χ0) is 21.5. The standard InChI is InChI=1S/C24H28N2O3S/c1-5-18(3)26(24(27)19-10-12-21(28-4)13-11-19)14-20-16-30-23(25-20)15-29-22-9-7-6-8-17(22)2/h6-13,16,18H,5,14-15H2,1-4H3/t18-/m0/s1. The molecule has 0 spiro atoms. The van der Waals surface area contributed by atoms with Crippen molar-refractivity contribution >= 4 is 17.2 Å². The topological polar surface area (TPSA) is 51.7 Å². The molecule has 30 heavy (non-hydrogen) atoms. The predicted octanol–water partition coefficient (Wildman–Crippen LogP) is 5.48. The first kappa shape index (κ1) is 21.8. The molecule has 0 bridgehead atoms. The Balaban J connectivity index is 1.69. The van der Waals surface area contributed by atoms with Gasteiger partial charge in [0.2, 0.25) is 0 Å². The van der Waals surface area contributed by atoms with E-state index in [-0.39, 0.29) is 11.9 Å². The lowest BCUT2D eigenvalue weighted by Crippen LogP contribution is -2.37. The maximum absolute atomic E-state index is 13.1. The zero-order valence-corrected chi connectivity index (χ0v) is 18.7. The first-order valence-corrected chi connectivity index (χ1v) is 11.0. The minimum atomic E-state index is -0.00212. The molecule has 0 fully saturated rings. The van der Waals surface area contributed by atoms with Crippen molar-refractivity contribution in [3.8, 4) is 11.5 Å². The summed E-state index contributed by atoms with van der Waals surface area (Å²) < 4.78 is 11.1. The van der Waals surface area contributed by atoms with Gasteiger partial charge in [0.25, 0.3) is 5.91 Å². The average Bonchev–Trinajstić information content (AvgIpc) is 3.23. The second kappa shape index (κ2) is 10.3. The van der Waals surface area contributed by atoms with Crippen LogP contribution in [0.4, 0.5) is 0 Å². The Hall–Kier alpha value is -2.86. The van der Waals surface area contributed by atoms with Crippen LogP contribution in [0.5, 0.6) is 11.5 Å². The molecular weight excluding hydrogens is 396 g/mol. The third kappa shape index (κ3) is 5.39. The minimum Gasteiger partial charge on any atom is -0.497 e. The SMILES string of the molecule is CC[C@H](C)N(Cc1csc(COc2ccccc2C)n1)C(=O)c1ccc(OC)cc1. The van der Waals surface area contributed by atoms with Crippen molar-refractivity contribution in [2.75, 3.05) is 7.11 Å². The summed E-state index contributed by atoms with van der Waals surface area (Å²) in [5.74, 6) is 1.60. The Bertz CT molecular complexity index is 969. The number of benzene rings is 2. The van der Waals surface area contributed by atoms with Crippen LogP contribution in [-0.4, -0.2) is 28.9 Å². The fourth-order valence-electron chi connectivity index (χ4n) is 3.07. The van der Waals surface area contributed by atoms with Crippen LogP contribution in [0.3, 0.4) is 0 Å². The molecule has 158 valence electrons. The van der Waals surface area contributed by atoms with Gasteiger partial charge in [0.1, 0.15) is 23.1 Å². The number of rotatable bonds is 9. The highest BCUT2D eigenvalue weighted by Gasteiger charge is 2.22. The highest BCUT2D eigenvalue weighted by Crippen LogP contribution is 2.21. The van der Waals surface area contributed by atoms with E-state index in [1.807, 2.05) is 53.6 Å². The number of hydrogen-bond acceptors (Lipinski definition) is 5. The monoisotopic (exact) mass is 424 g/mol. The number of para-hydroxylation sites is 1. The van der Waals surface area contributed by atoms with Gasteiger partial charge in [0.15, 0.2) is 0 Å². The molecule has 0 saturated heterocycles. The Morgan fingerprint density at radius 3 is 2.57 bits per heavy atom. The van der Waals surface area contributed by atoms with Gasteiger partial charge in [-0.1, -0.05) is 25.1 Å². The highest BCUT2D eigenvalue weighted by atomic mass is 32.1. The Morgan fingerprint density at radius 1 is 1.17 bits per heavy atom. The number of methoxy groups -OCH3 is 1. The molecule has 5 nitrogen and oxygen atoms in total. The Kier molecular flexibility index (Phi) is 7.46. The second-order valence-corrected chi connectivity index (χ2v) is 8.15. The number of thiazole rings is 1. The Morgan fingerprint density at radius 2 is 1.90 bits per heavy atom. The molecule has 0 saturated carbocycles. The molecule has 6 heteroatoms. The molecule has 3 rings (SSSR count).